The molecule has 2 heterocycles. The molecule has 8 nitrogen and oxygen atoms in total. The molecule has 2 rings (SSSR count). The Morgan fingerprint density at radius 2 is 2.32 bits per heavy atom. The monoisotopic (exact) mass is 330 g/mol. The van der Waals surface area contributed by atoms with Crippen LogP contribution in [0.1, 0.15) is 13.3 Å². The number of aliphatic hydroxyl groups is 2. The summed E-state index contributed by atoms with van der Waals surface area (Å²) in [5.41, 5.74) is -1.42. The number of aromatic nitrogens is 2. The molecule has 122 valence electrons. The molecule has 1 aliphatic heterocycles. The molecule has 0 bridgehead atoms. The summed E-state index contributed by atoms with van der Waals surface area (Å²) < 4.78 is 1.41. The fraction of sp³-hybridized carbons (Fsp3) is 0.615. The molecule has 22 heavy (non-hydrogen) atoms. The number of rotatable bonds is 4. The van der Waals surface area contributed by atoms with Gasteiger partial charge in [0.1, 0.15) is 18.2 Å². The molecule has 0 radical (unpaired) electrons. The zero-order valence-electron chi connectivity index (χ0n) is 12.2. The number of nitrogens with zero attached hydrogens (tertiary/aromatic N) is 3. The minimum absolute atomic E-state index is 0.00389. The number of halogens is 1. The Balaban J connectivity index is 1.91. The number of aliphatic hydroxyl groups excluding tert-OH is 1. The van der Waals surface area contributed by atoms with Crippen molar-refractivity contribution in [1.29, 1.82) is 0 Å². The van der Waals surface area contributed by atoms with Crippen LogP contribution in [0.25, 0.3) is 0 Å². The van der Waals surface area contributed by atoms with E-state index < -0.39 is 11.7 Å². The summed E-state index contributed by atoms with van der Waals surface area (Å²) in [5.74, 6) is -0.505. The highest BCUT2D eigenvalue weighted by molar-refractivity contribution is 6.30. The lowest BCUT2D eigenvalue weighted by atomic mass is 9.88. The van der Waals surface area contributed by atoms with E-state index in [1.54, 1.807) is 0 Å². The van der Waals surface area contributed by atoms with Crippen LogP contribution in [-0.2, 0) is 16.1 Å². The summed E-state index contributed by atoms with van der Waals surface area (Å²) in [6.07, 6.45) is 2.03. The molecule has 2 amide bonds. The van der Waals surface area contributed by atoms with Gasteiger partial charge in [0.05, 0.1) is 11.2 Å². The van der Waals surface area contributed by atoms with Crippen LogP contribution >= 0.6 is 11.6 Å². The van der Waals surface area contributed by atoms with Gasteiger partial charge in [0.2, 0.25) is 11.8 Å². The van der Waals surface area contributed by atoms with Crippen molar-refractivity contribution in [1.82, 2.24) is 20.0 Å². The Bertz CT molecular complexity index is 564. The van der Waals surface area contributed by atoms with E-state index in [4.69, 9.17) is 11.6 Å². The Morgan fingerprint density at radius 1 is 1.59 bits per heavy atom. The van der Waals surface area contributed by atoms with Gasteiger partial charge in [0.15, 0.2) is 0 Å². The molecule has 9 heteroatoms. The third-order valence-corrected chi connectivity index (χ3v) is 3.92. The molecule has 1 saturated heterocycles. The predicted octanol–water partition coefficient (Wildman–Crippen LogP) is -1.00. The molecule has 2 atom stereocenters. The van der Waals surface area contributed by atoms with Crippen molar-refractivity contribution in [3.63, 3.8) is 0 Å². The highest BCUT2D eigenvalue weighted by atomic mass is 35.5. The molecule has 3 N–H and O–H groups in total. The molecule has 0 aromatic carbocycles. The number of carbonyl (C=O) groups excluding carboxylic acids is 2. The number of amides is 2. The third-order valence-electron chi connectivity index (χ3n) is 3.72. The summed E-state index contributed by atoms with van der Waals surface area (Å²) in [6.45, 7) is 1.61. The van der Waals surface area contributed by atoms with Gasteiger partial charge in [-0.2, -0.15) is 5.10 Å². The average molecular weight is 331 g/mol. The Hall–Kier alpha value is -1.64. The van der Waals surface area contributed by atoms with Crippen LogP contribution in [0.3, 0.4) is 0 Å². The van der Waals surface area contributed by atoms with Crippen LogP contribution in [0.2, 0.25) is 5.02 Å². The Morgan fingerprint density at radius 3 is 2.86 bits per heavy atom. The second kappa shape index (κ2) is 6.64. The first kappa shape index (κ1) is 16.7. The zero-order valence-corrected chi connectivity index (χ0v) is 13.0. The molecule has 1 aromatic rings. The normalized spacial score (nSPS) is 25.1. The maximum atomic E-state index is 12.2. The number of likely N-dealkylation sites (tertiary alicyclic amines) is 1. The van der Waals surface area contributed by atoms with E-state index in [1.807, 2.05) is 0 Å². The van der Waals surface area contributed by atoms with Crippen LogP contribution in [0, 0.1) is 0 Å². The first-order chi connectivity index (χ1) is 10.3. The van der Waals surface area contributed by atoms with Gasteiger partial charge in [-0.15, -0.1) is 0 Å². The topological polar surface area (TPSA) is 108 Å². The number of hydrogen-bond acceptors (Lipinski definition) is 5. The quantitative estimate of drug-likeness (QED) is 0.656. The maximum absolute atomic E-state index is 12.2. The number of carbonyl (C=O) groups is 2. The number of hydrogen-bond donors (Lipinski definition) is 3. The van der Waals surface area contributed by atoms with E-state index >= 15 is 0 Å². The van der Waals surface area contributed by atoms with Crippen molar-refractivity contribution >= 4 is 23.4 Å². The van der Waals surface area contributed by atoms with Crippen molar-refractivity contribution in [2.75, 3.05) is 19.6 Å². The highest BCUT2D eigenvalue weighted by Crippen LogP contribution is 2.22. The van der Waals surface area contributed by atoms with E-state index in [9.17, 15) is 19.8 Å². The van der Waals surface area contributed by atoms with E-state index in [0.29, 0.717) is 11.6 Å². The fourth-order valence-corrected chi connectivity index (χ4v) is 2.50. The molecule has 1 aromatic heterocycles. The van der Waals surface area contributed by atoms with Crippen molar-refractivity contribution < 1.29 is 19.8 Å². The summed E-state index contributed by atoms with van der Waals surface area (Å²) in [4.78, 5) is 24.5. The molecular weight excluding hydrogens is 312 g/mol. The minimum Gasteiger partial charge on any atom is -0.388 e. The molecule has 1 aliphatic rings. The van der Waals surface area contributed by atoms with Gasteiger partial charge in [-0.25, -0.2) is 0 Å². The summed E-state index contributed by atoms with van der Waals surface area (Å²) >= 11 is 5.73. The first-order valence-corrected chi connectivity index (χ1v) is 7.28. The van der Waals surface area contributed by atoms with Gasteiger partial charge in [-0.1, -0.05) is 11.6 Å². The lowest BCUT2D eigenvalue weighted by molar-refractivity contribution is -0.150. The van der Waals surface area contributed by atoms with Gasteiger partial charge in [0, 0.05) is 32.8 Å². The second-order valence-corrected chi connectivity index (χ2v) is 5.91. The molecule has 0 aliphatic carbocycles. The molecule has 0 spiro atoms. The van der Waals surface area contributed by atoms with Gasteiger partial charge in [0.25, 0.3) is 0 Å². The van der Waals surface area contributed by atoms with E-state index in [2.05, 4.69) is 10.4 Å². The lowest BCUT2D eigenvalue weighted by Gasteiger charge is -2.42. The molecule has 0 unspecified atom stereocenters. The summed E-state index contributed by atoms with van der Waals surface area (Å²) in [7, 11) is 0. The van der Waals surface area contributed by atoms with Gasteiger partial charge in [-0.05, 0) is 6.42 Å². The average Bonchev–Trinajstić information content (AvgIpc) is 2.85. The molecular formula is C13H19ClN4O4. The van der Waals surface area contributed by atoms with Crippen LogP contribution in [-0.4, -0.2) is 68.0 Å². The van der Waals surface area contributed by atoms with Crippen molar-refractivity contribution in [3.8, 4) is 0 Å². The van der Waals surface area contributed by atoms with Crippen molar-refractivity contribution in [2.45, 2.75) is 31.6 Å². The van der Waals surface area contributed by atoms with E-state index in [1.165, 1.54) is 28.9 Å². The van der Waals surface area contributed by atoms with Gasteiger partial charge < -0.3 is 20.4 Å². The second-order valence-electron chi connectivity index (χ2n) is 5.47. The van der Waals surface area contributed by atoms with Crippen LogP contribution < -0.4 is 5.32 Å². The largest absolute Gasteiger partial charge is 0.388 e. The van der Waals surface area contributed by atoms with Gasteiger partial charge in [-0.3, -0.25) is 14.3 Å². The Labute approximate surface area is 132 Å². The van der Waals surface area contributed by atoms with Crippen LogP contribution in [0.15, 0.2) is 12.4 Å². The van der Waals surface area contributed by atoms with Crippen LogP contribution in [0.4, 0.5) is 0 Å². The number of nitrogens with one attached hydrogen (secondary N) is 1. The van der Waals surface area contributed by atoms with E-state index in [0.717, 1.165) is 0 Å². The fourth-order valence-electron chi connectivity index (χ4n) is 2.34. The molecule has 1 fully saturated rings. The predicted molar refractivity (Wildman–Crippen MR) is 78.1 cm³/mol. The summed E-state index contributed by atoms with van der Waals surface area (Å²) in [6, 6.07) is 0. The van der Waals surface area contributed by atoms with Crippen LogP contribution in [0.5, 0.6) is 0 Å². The standard InChI is InChI=1S/C13H19ClN4O4/c1-9(19)15-8-13(22)2-3-17(6-11(13)20)12(21)7-18-5-10(14)4-16-18/h4-5,11,20,22H,2-3,6-8H2,1H3,(H,15,19)/t11-,13-/m1/s1. The van der Waals surface area contributed by atoms with Gasteiger partial charge >= 0.3 is 0 Å². The maximum Gasteiger partial charge on any atom is 0.244 e. The molecule has 0 saturated carbocycles. The third kappa shape index (κ3) is 3.96. The smallest absolute Gasteiger partial charge is 0.244 e. The number of piperidine rings is 1. The zero-order chi connectivity index (χ0) is 16.3. The van der Waals surface area contributed by atoms with Crippen molar-refractivity contribution in [2.24, 2.45) is 0 Å². The number of β-amino-alcohol motifs (C(OH)–C–C–N with tert-alkyl or cyclic N) is 1. The minimum atomic E-state index is -1.42. The van der Waals surface area contributed by atoms with E-state index in [-0.39, 0.29) is 37.9 Å². The van der Waals surface area contributed by atoms with Crippen molar-refractivity contribution in [3.05, 3.63) is 17.4 Å². The SMILES string of the molecule is CC(=O)NC[C@]1(O)CCN(C(=O)Cn2cc(Cl)cn2)C[C@H]1O. The Kier molecular flexibility index (Phi) is 5.05. The summed E-state index contributed by atoms with van der Waals surface area (Å²) in [5, 5.41) is 27.3. The first-order valence-electron chi connectivity index (χ1n) is 6.91. The lowest BCUT2D eigenvalue weighted by Crippen LogP contribution is -2.61. The highest BCUT2D eigenvalue weighted by Gasteiger charge is 2.41.